The van der Waals surface area contributed by atoms with E-state index in [0.717, 1.165) is 4.46 Å². The second kappa shape index (κ2) is 3.18. The first-order valence-corrected chi connectivity index (χ1v) is 6.56. The van der Waals surface area contributed by atoms with Crippen molar-refractivity contribution in [3.8, 4) is 5.75 Å². The predicted molar refractivity (Wildman–Crippen MR) is 51.8 cm³/mol. The number of phenolic OH excluding ortho intramolecular Hbond substituents is 1. The van der Waals surface area contributed by atoms with Gasteiger partial charge in [-0.05, 0) is 0 Å². The molecule has 0 spiro atoms. The predicted octanol–water partition coefficient (Wildman–Crippen LogP) is 1.30. The summed E-state index contributed by atoms with van der Waals surface area (Å²) < 4.78 is 1.10. The Bertz CT molecular complexity index is 329. The number of para-hydroxylation sites is 1. The van der Waals surface area contributed by atoms with Gasteiger partial charge in [-0.25, -0.2) is 0 Å². The van der Waals surface area contributed by atoms with Crippen LogP contribution >= 0.6 is 0 Å². The van der Waals surface area contributed by atoms with Gasteiger partial charge in [0.25, 0.3) is 0 Å². The van der Waals surface area contributed by atoms with Gasteiger partial charge in [0.1, 0.15) is 0 Å². The molecular formula is C10H9OSe. The van der Waals surface area contributed by atoms with Crippen molar-refractivity contribution in [2.24, 2.45) is 0 Å². The summed E-state index contributed by atoms with van der Waals surface area (Å²) in [5, 5.41) is 9.53. The number of benzene rings is 1. The van der Waals surface area contributed by atoms with Crippen LogP contribution in [0.15, 0.2) is 46.4 Å². The fourth-order valence-corrected chi connectivity index (χ4v) is 4.15. The first-order chi connectivity index (χ1) is 5.88. The van der Waals surface area contributed by atoms with Crippen molar-refractivity contribution in [1.29, 1.82) is 0 Å². The molecule has 2 heteroatoms. The maximum absolute atomic E-state index is 9.53. The fraction of sp³-hybridized carbons (Fsp3) is 0. The second-order valence-corrected chi connectivity index (χ2v) is 6.12. The van der Waals surface area contributed by atoms with Crippen LogP contribution in [0.5, 0.6) is 5.75 Å². The first kappa shape index (κ1) is 7.66. The molecule has 0 amide bonds. The number of phenols is 1. The van der Waals surface area contributed by atoms with Crippen molar-refractivity contribution < 1.29 is 5.11 Å². The molecule has 0 saturated carbocycles. The average molecular weight is 224 g/mol. The zero-order chi connectivity index (χ0) is 8.39. The van der Waals surface area contributed by atoms with Crippen LogP contribution in [-0.4, -0.2) is 19.0 Å². The minimum atomic E-state index is -0.955. The van der Waals surface area contributed by atoms with E-state index in [0.29, 0.717) is 5.75 Å². The van der Waals surface area contributed by atoms with Crippen molar-refractivity contribution in [3.63, 3.8) is 0 Å². The normalized spacial score (nSPS) is 15.7. The molecule has 1 nitrogen and oxygen atoms in total. The van der Waals surface area contributed by atoms with E-state index in [1.54, 1.807) is 6.07 Å². The van der Waals surface area contributed by atoms with Gasteiger partial charge in [-0.2, -0.15) is 0 Å². The van der Waals surface area contributed by atoms with Crippen molar-refractivity contribution in [2.45, 2.75) is 0 Å². The monoisotopic (exact) mass is 225 g/mol. The SMILES string of the molecule is Oc1ccccc1[Se]1C=CC=C1. The molecule has 61 valence electrons. The molecule has 1 aliphatic rings. The average Bonchev–Trinajstić information content (AvgIpc) is 2.57. The molecule has 1 aliphatic heterocycles. The summed E-state index contributed by atoms with van der Waals surface area (Å²) in [6.45, 7) is 0. The molecule has 0 saturated heterocycles. The quantitative estimate of drug-likeness (QED) is 0.713. The fourth-order valence-electron chi connectivity index (χ4n) is 1.11. The van der Waals surface area contributed by atoms with E-state index in [-0.39, 0.29) is 0 Å². The molecule has 0 atom stereocenters. The van der Waals surface area contributed by atoms with Gasteiger partial charge in [0.15, 0.2) is 0 Å². The Morgan fingerprint density at radius 3 is 2.33 bits per heavy atom. The van der Waals surface area contributed by atoms with Gasteiger partial charge in [0.05, 0.1) is 0 Å². The third-order valence-corrected chi connectivity index (χ3v) is 5.36. The second-order valence-electron chi connectivity index (χ2n) is 2.50. The third kappa shape index (κ3) is 1.31. The molecule has 1 heterocycles. The molecule has 2 rings (SSSR count). The van der Waals surface area contributed by atoms with Gasteiger partial charge in [-0.15, -0.1) is 0 Å². The Morgan fingerprint density at radius 2 is 1.67 bits per heavy atom. The Hall–Kier alpha value is -0.981. The van der Waals surface area contributed by atoms with Crippen molar-refractivity contribution >= 4 is 18.4 Å². The minimum absolute atomic E-state index is 0.429. The molecule has 0 aliphatic carbocycles. The number of hydrogen-bond acceptors (Lipinski definition) is 1. The van der Waals surface area contributed by atoms with E-state index in [9.17, 15) is 5.11 Å². The van der Waals surface area contributed by atoms with Crippen LogP contribution in [0.4, 0.5) is 0 Å². The molecular weight excluding hydrogens is 215 g/mol. The van der Waals surface area contributed by atoms with Crippen LogP contribution in [0.2, 0.25) is 0 Å². The van der Waals surface area contributed by atoms with Gasteiger partial charge in [0.2, 0.25) is 0 Å². The zero-order valence-corrected chi connectivity index (χ0v) is 8.19. The molecule has 0 fully saturated rings. The molecule has 1 aromatic carbocycles. The summed E-state index contributed by atoms with van der Waals surface area (Å²) in [4.78, 5) is 4.38. The van der Waals surface area contributed by atoms with E-state index in [1.165, 1.54) is 0 Å². The van der Waals surface area contributed by atoms with Crippen LogP contribution in [0, 0.1) is 0 Å². The molecule has 1 aromatic rings. The Labute approximate surface area is 75.9 Å². The molecule has 12 heavy (non-hydrogen) atoms. The number of aromatic hydroxyl groups is 1. The summed E-state index contributed by atoms with van der Waals surface area (Å²) in [5.74, 6) is 0.429. The summed E-state index contributed by atoms with van der Waals surface area (Å²) in [6.07, 6.45) is 4.11. The van der Waals surface area contributed by atoms with Crippen molar-refractivity contribution in [3.05, 3.63) is 46.4 Å². The van der Waals surface area contributed by atoms with Crippen molar-refractivity contribution in [2.75, 3.05) is 0 Å². The van der Waals surface area contributed by atoms with E-state index < -0.39 is 13.9 Å². The first-order valence-electron chi connectivity index (χ1n) is 3.73. The standard InChI is InChI=1S/C10H9OSe/c11-9-5-1-2-6-10(9)12-7-3-4-8-12/h1-8,11H. The number of allylic oxidation sites excluding steroid dienone is 2. The number of rotatable bonds is 1. The van der Waals surface area contributed by atoms with Gasteiger partial charge >= 0.3 is 75.6 Å². The summed E-state index contributed by atoms with van der Waals surface area (Å²) in [5.41, 5.74) is 0. The van der Waals surface area contributed by atoms with E-state index in [2.05, 4.69) is 22.1 Å². The molecule has 1 radical (unpaired) electrons. The van der Waals surface area contributed by atoms with Crippen LogP contribution in [0.3, 0.4) is 0 Å². The van der Waals surface area contributed by atoms with Gasteiger partial charge < -0.3 is 0 Å². The van der Waals surface area contributed by atoms with Crippen LogP contribution in [-0.2, 0) is 0 Å². The summed E-state index contributed by atoms with van der Waals surface area (Å²) in [7, 11) is 0. The molecule has 1 N–H and O–H groups in total. The van der Waals surface area contributed by atoms with E-state index in [4.69, 9.17) is 0 Å². The van der Waals surface area contributed by atoms with Gasteiger partial charge in [0, 0.05) is 0 Å². The molecule has 0 bridgehead atoms. The van der Waals surface area contributed by atoms with Gasteiger partial charge in [-0.3, -0.25) is 0 Å². The summed E-state index contributed by atoms with van der Waals surface area (Å²) >= 11 is -0.955. The summed E-state index contributed by atoms with van der Waals surface area (Å²) in [6, 6.07) is 7.57. The van der Waals surface area contributed by atoms with Gasteiger partial charge in [-0.1, -0.05) is 0 Å². The Balaban J connectivity index is 2.39. The Morgan fingerprint density at radius 1 is 1.00 bits per heavy atom. The topological polar surface area (TPSA) is 20.2 Å². The van der Waals surface area contributed by atoms with E-state index >= 15 is 0 Å². The zero-order valence-electron chi connectivity index (χ0n) is 6.47. The third-order valence-electron chi connectivity index (χ3n) is 1.68. The number of hydrogen-bond donors (Lipinski definition) is 1. The van der Waals surface area contributed by atoms with Crippen molar-refractivity contribution in [1.82, 2.24) is 0 Å². The molecule has 0 unspecified atom stereocenters. The van der Waals surface area contributed by atoms with E-state index in [1.807, 2.05) is 18.2 Å². The maximum atomic E-state index is 9.53. The van der Waals surface area contributed by atoms with Crippen LogP contribution in [0.25, 0.3) is 0 Å². The van der Waals surface area contributed by atoms with Crippen LogP contribution < -0.4 is 4.46 Å². The Kier molecular flexibility index (Phi) is 2.03. The molecule has 0 aromatic heterocycles. The van der Waals surface area contributed by atoms with Crippen LogP contribution in [0.1, 0.15) is 0 Å².